The molecule has 7 nitrogen and oxygen atoms in total. The molecule has 134 valence electrons. The van der Waals surface area contributed by atoms with E-state index in [2.05, 4.69) is 10.5 Å². The summed E-state index contributed by atoms with van der Waals surface area (Å²) >= 11 is 0. The van der Waals surface area contributed by atoms with E-state index in [0.29, 0.717) is 11.4 Å². The van der Waals surface area contributed by atoms with Crippen LogP contribution in [-0.4, -0.2) is 19.5 Å². The Kier molecular flexibility index (Phi) is 4.62. The summed E-state index contributed by atoms with van der Waals surface area (Å²) in [5, 5.41) is 11.5. The number of aromatic nitrogens is 1. The third kappa shape index (κ3) is 3.81. The molecule has 0 saturated heterocycles. The number of hydrogen-bond acceptors (Lipinski definition) is 5. The molecule has 0 bridgehead atoms. The summed E-state index contributed by atoms with van der Waals surface area (Å²) in [5.41, 5.74) is 3.64. The predicted octanol–water partition coefficient (Wildman–Crippen LogP) is 2.86. The first kappa shape index (κ1) is 17.8. The molecule has 8 heteroatoms. The van der Waals surface area contributed by atoms with Gasteiger partial charge in [-0.3, -0.25) is 4.79 Å². The highest BCUT2D eigenvalue weighted by molar-refractivity contribution is 7.89. The highest BCUT2D eigenvalue weighted by Crippen LogP contribution is 2.23. The Morgan fingerprint density at radius 2 is 1.73 bits per heavy atom. The zero-order valence-corrected chi connectivity index (χ0v) is 15.0. The molecule has 0 radical (unpaired) electrons. The number of carbonyl (C=O) groups excluding carboxylic acids is 1. The number of nitrogens with one attached hydrogen (secondary N) is 1. The van der Waals surface area contributed by atoms with Crippen LogP contribution in [-0.2, 0) is 10.0 Å². The zero-order valence-electron chi connectivity index (χ0n) is 14.2. The summed E-state index contributed by atoms with van der Waals surface area (Å²) in [5.74, 6) is 0.0232. The second kappa shape index (κ2) is 6.74. The van der Waals surface area contributed by atoms with Crippen LogP contribution in [0, 0.1) is 13.8 Å². The maximum Gasteiger partial charge on any atom is 0.277 e. The van der Waals surface area contributed by atoms with Gasteiger partial charge in [0.2, 0.25) is 10.0 Å². The summed E-state index contributed by atoms with van der Waals surface area (Å²) in [4.78, 5) is 12.3. The molecule has 0 atom stereocenters. The van der Waals surface area contributed by atoms with Crippen LogP contribution in [0.3, 0.4) is 0 Å². The first-order valence-electron chi connectivity index (χ1n) is 7.72. The van der Waals surface area contributed by atoms with Gasteiger partial charge in [0.15, 0.2) is 11.5 Å². The minimum absolute atomic E-state index is 0.0334. The van der Waals surface area contributed by atoms with Crippen LogP contribution in [0.4, 0.5) is 5.69 Å². The van der Waals surface area contributed by atoms with Crippen molar-refractivity contribution in [2.75, 3.05) is 5.32 Å². The quantitative estimate of drug-likeness (QED) is 0.732. The Labute approximate surface area is 150 Å². The van der Waals surface area contributed by atoms with Gasteiger partial charge < -0.3 is 9.84 Å². The Bertz CT molecular complexity index is 1070. The first-order valence-corrected chi connectivity index (χ1v) is 9.27. The maximum absolute atomic E-state index is 12.3. The molecule has 26 heavy (non-hydrogen) atoms. The van der Waals surface area contributed by atoms with Gasteiger partial charge in [0.05, 0.1) is 4.90 Å². The molecular formula is C18H17N3O4S. The van der Waals surface area contributed by atoms with Crippen LogP contribution >= 0.6 is 0 Å². The van der Waals surface area contributed by atoms with E-state index < -0.39 is 15.9 Å². The fourth-order valence-electron chi connectivity index (χ4n) is 2.34. The smallest absolute Gasteiger partial charge is 0.277 e. The number of primary sulfonamides is 1. The number of nitrogens with two attached hydrogens (primary N) is 1. The average molecular weight is 371 g/mol. The lowest BCUT2D eigenvalue weighted by atomic mass is 10.0. The Morgan fingerprint density at radius 1 is 1.04 bits per heavy atom. The molecule has 2 aromatic carbocycles. The molecule has 0 unspecified atom stereocenters. The number of carbonyl (C=O) groups is 1. The number of nitrogens with zero attached hydrogens (tertiary/aromatic N) is 1. The van der Waals surface area contributed by atoms with Crippen molar-refractivity contribution in [3.05, 3.63) is 65.4 Å². The lowest BCUT2D eigenvalue weighted by Crippen LogP contribution is -2.14. The van der Waals surface area contributed by atoms with Gasteiger partial charge in [-0.25, -0.2) is 13.6 Å². The predicted molar refractivity (Wildman–Crippen MR) is 97.2 cm³/mol. The number of amides is 1. The fraction of sp³-hybridized carbons (Fsp3) is 0.111. The molecule has 1 aromatic heterocycles. The second-order valence-electron chi connectivity index (χ2n) is 5.90. The summed E-state index contributed by atoms with van der Waals surface area (Å²) in [6, 6.07) is 12.9. The van der Waals surface area contributed by atoms with Crippen molar-refractivity contribution in [3.63, 3.8) is 0 Å². The van der Waals surface area contributed by atoms with E-state index in [4.69, 9.17) is 9.66 Å². The molecule has 1 amide bonds. The first-order chi connectivity index (χ1) is 12.2. The average Bonchev–Trinajstić information content (AvgIpc) is 3.07. The Hall–Kier alpha value is -2.97. The van der Waals surface area contributed by atoms with Crippen LogP contribution in [0.25, 0.3) is 11.3 Å². The van der Waals surface area contributed by atoms with Crippen LogP contribution in [0.5, 0.6) is 0 Å². The Morgan fingerprint density at radius 3 is 2.35 bits per heavy atom. The van der Waals surface area contributed by atoms with Crippen molar-refractivity contribution in [2.45, 2.75) is 18.7 Å². The fourth-order valence-corrected chi connectivity index (χ4v) is 2.85. The summed E-state index contributed by atoms with van der Waals surface area (Å²) in [7, 11) is -3.77. The SMILES string of the molecule is Cc1ccc(-c2cc(C(=O)Nc3ccc(S(N)(=O)=O)cc3)no2)cc1C. The molecule has 0 spiro atoms. The van der Waals surface area contributed by atoms with Crippen LogP contribution in [0.1, 0.15) is 21.6 Å². The number of hydrogen-bond donors (Lipinski definition) is 2. The largest absolute Gasteiger partial charge is 0.355 e. The molecular weight excluding hydrogens is 354 g/mol. The van der Waals surface area contributed by atoms with Crippen LogP contribution in [0.2, 0.25) is 0 Å². The third-order valence-electron chi connectivity index (χ3n) is 3.97. The standard InChI is InChI=1S/C18H17N3O4S/c1-11-3-4-13(9-12(11)2)17-10-16(21-25-17)18(22)20-14-5-7-15(8-6-14)26(19,23)24/h3-10H,1-2H3,(H,20,22)(H2,19,23,24). The van der Waals surface area contributed by atoms with E-state index in [1.54, 1.807) is 6.07 Å². The summed E-state index contributed by atoms with van der Waals surface area (Å²) in [6.45, 7) is 4.01. The summed E-state index contributed by atoms with van der Waals surface area (Å²) < 4.78 is 27.7. The number of rotatable bonds is 4. The van der Waals surface area contributed by atoms with Gasteiger partial charge in [-0.15, -0.1) is 0 Å². The van der Waals surface area contributed by atoms with Crippen molar-refractivity contribution >= 4 is 21.6 Å². The molecule has 0 aliphatic heterocycles. The molecule has 3 aromatic rings. The van der Waals surface area contributed by atoms with Crippen molar-refractivity contribution in [2.24, 2.45) is 5.14 Å². The van der Waals surface area contributed by atoms with E-state index in [1.165, 1.54) is 24.3 Å². The van der Waals surface area contributed by atoms with Crippen LogP contribution < -0.4 is 10.5 Å². The van der Waals surface area contributed by atoms with E-state index in [1.807, 2.05) is 32.0 Å². The van der Waals surface area contributed by atoms with Crippen molar-refractivity contribution < 1.29 is 17.7 Å². The van der Waals surface area contributed by atoms with Gasteiger partial charge in [0.1, 0.15) is 0 Å². The molecule has 0 aliphatic carbocycles. The highest BCUT2D eigenvalue weighted by atomic mass is 32.2. The third-order valence-corrected chi connectivity index (χ3v) is 4.90. The Balaban J connectivity index is 1.77. The van der Waals surface area contributed by atoms with Crippen molar-refractivity contribution in [1.29, 1.82) is 0 Å². The van der Waals surface area contributed by atoms with Gasteiger partial charge in [0, 0.05) is 17.3 Å². The van der Waals surface area contributed by atoms with E-state index >= 15 is 0 Å². The number of benzene rings is 2. The zero-order chi connectivity index (χ0) is 18.9. The molecule has 0 saturated carbocycles. The van der Waals surface area contributed by atoms with Gasteiger partial charge in [0.25, 0.3) is 5.91 Å². The van der Waals surface area contributed by atoms with E-state index in [-0.39, 0.29) is 10.6 Å². The normalized spacial score (nSPS) is 11.3. The molecule has 3 rings (SSSR count). The minimum atomic E-state index is -3.77. The summed E-state index contributed by atoms with van der Waals surface area (Å²) in [6.07, 6.45) is 0. The number of anilines is 1. The van der Waals surface area contributed by atoms with E-state index in [9.17, 15) is 13.2 Å². The van der Waals surface area contributed by atoms with Crippen molar-refractivity contribution in [3.8, 4) is 11.3 Å². The monoisotopic (exact) mass is 371 g/mol. The maximum atomic E-state index is 12.3. The molecule has 0 fully saturated rings. The van der Waals surface area contributed by atoms with Crippen molar-refractivity contribution in [1.82, 2.24) is 5.16 Å². The van der Waals surface area contributed by atoms with Gasteiger partial charge >= 0.3 is 0 Å². The topological polar surface area (TPSA) is 115 Å². The highest BCUT2D eigenvalue weighted by Gasteiger charge is 2.15. The lowest BCUT2D eigenvalue weighted by Gasteiger charge is -2.03. The molecule has 1 heterocycles. The van der Waals surface area contributed by atoms with Crippen LogP contribution in [0.15, 0.2) is 57.9 Å². The van der Waals surface area contributed by atoms with Gasteiger partial charge in [-0.1, -0.05) is 17.3 Å². The number of aryl methyl sites for hydroxylation is 2. The lowest BCUT2D eigenvalue weighted by molar-refractivity contribution is 0.101. The second-order valence-corrected chi connectivity index (χ2v) is 7.46. The van der Waals surface area contributed by atoms with Gasteiger partial charge in [-0.05, 0) is 55.3 Å². The van der Waals surface area contributed by atoms with Gasteiger partial charge in [-0.2, -0.15) is 0 Å². The van der Waals surface area contributed by atoms with E-state index in [0.717, 1.165) is 16.7 Å². The minimum Gasteiger partial charge on any atom is -0.355 e. The molecule has 0 aliphatic rings. The number of sulfonamides is 1. The molecule has 3 N–H and O–H groups in total.